The fraction of sp³-hybridized carbons (Fsp3) is 0.190. The van der Waals surface area contributed by atoms with E-state index in [2.05, 4.69) is 80.7 Å². The lowest BCUT2D eigenvalue weighted by atomic mass is 10.0. The SMILES string of the molecule is Brc1ccc(N=C(c2cccc3ccccc23)N2CCNCC2)cc1. The lowest BCUT2D eigenvalue weighted by molar-refractivity contribution is 0.358. The van der Waals surface area contributed by atoms with Gasteiger partial charge in [0.05, 0.1) is 5.69 Å². The summed E-state index contributed by atoms with van der Waals surface area (Å²) in [6, 6.07) is 23.2. The van der Waals surface area contributed by atoms with Crippen LogP contribution >= 0.6 is 15.9 Å². The van der Waals surface area contributed by atoms with Gasteiger partial charge in [0.25, 0.3) is 0 Å². The first-order chi connectivity index (χ1) is 12.3. The van der Waals surface area contributed by atoms with E-state index in [1.165, 1.54) is 16.3 Å². The molecule has 0 saturated carbocycles. The summed E-state index contributed by atoms with van der Waals surface area (Å²) >= 11 is 3.50. The Bertz CT molecular complexity index is 891. The molecule has 1 N–H and O–H groups in total. The van der Waals surface area contributed by atoms with Gasteiger partial charge in [0, 0.05) is 36.2 Å². The lowest BCUT2D eigenvalue weighted by Crippen LogP contribution is -2.46. The molecule has 0 amide bonds. The molecule has 0 radical (unpaired) electrons. The fourth-order valence-electron chi connectivity index (χ4n) is 3.24. The Morgan fingerprint density at radius 3 is 2.40 bits per heavy atom. The third-order valence-electron chi connectivity index (χ3n) is 4.51. The molecule has 0 spiro atoms. The quantitative estimate of drug-likeness (QED) is 0.509. The summed E-state index contributed by atoms with van der Waals surface area (Å²) in [6.07, 6.45) is 0. The van der Waals surface area contributed by atoms with Crippen molar-refractivity contribution in [2.24, 2.45) is 4.99 Å². The summed E-state index contributed by atoms with van der Waals surface area (Å²) in [5.74, 6) is 1.06. The van der Waals surface area contributed by atoms with Crippen LogP contribution in [0.3, 0.4) is 0 Å². The van der Waals surface area contributed by atoms with Crippen molar-refractivity contribution >= 4 is 38.2 Å². The molecular formula is C21H20BrN3. The van der Waals surface area contributed by atoms with Crippen molar-refractivity contribution in [3.8, 4) is 0 Å². The van der Waals surface area contributed by atoms with Gasteiger partial charge in [0.2, 0.25) is 0 Å². The van der Waals surface area contributed by atoms with Crippen molar-refractivity contribution in [2.75, 3.05) is 26.2 Å². The van der Waals surface area contributed by atoms with E-state index in [0.29, 0.717) is 0 Å². The van der Waals surface area contributed by atoms with Crippen molar-refractivity contribution < 1.29 is 0 Å². The van der Waals surface area contributed by atoms with Gasteiger partial charge in [-0.3, -0.25) is 0 Å². The monoisotopic (exact) mass is 393 g/mol. The molecule has 0 unspecified atom stereocenters. The molecule has 1 aliphatic heterocycles. The molecule has 1 fully saturated rings. The summed E-state index contributed by atoms with van der Waals surface area (Å²) < 4.78 is 1.07. The maximum atomic E-state index is 5.04. The molecule has 25 heavy (non-hydrogen) atoms. The minimum Gasteiger partial charge on any atom is -0.354 e. The first-order valence-corrected chi connectivity index (χ1v) is 9.39. The number of amidine groups is 1. The summed E-state index contributed by atoms with van der Waals surface area (Å²) in [4.78, 5) is 7.43. The number of nitrogens with zero attached hydrogens (tertiary/aromatic N) is 2. The van der Waals surface area contributed by atoms with Crippen LogP contribution in [0.2, 0.25) is 0 Å². The zero-order valence-electron chi connectivity index (χ0n) is 14.0. The number of hydrogen-bond acceptors (Lipinski definition) is 2. The van der Waals surface area contributed by atoms with Gasteiger partial charge in [-0.2, -0.15) is 0 Å². The predicted molar refractivity (Wildman–Crippen MR) is 109 cm³/mol. The molecule has 1 heterocycles. The van der Waals surface area contributed by atoms with Gasteiger partial charge in [-0.25, -0.2) is 4.99 Å². The fourth-order valence-corrected chi connectivity index (χ4v) is 3.50. The van der Waals surface area contributed by atoms with Gasteiger partial charge in [0.15, 0.2) is 0 Å². The van der Waals surface area contributed by atoms with E-state index in [9.17, 15) is 0 Å². The minimum absolute atomic E-state index is 0.971. The van der Waals surface area contributed by atoms with Crippen LogP contribution < -0.4 is 5.32 Å². The van der Waals surface area contributed by atoms with Crippen molar-refractivity contribution in [2.45, 2.75) is 0 Å². The zero-order valence-corrected chi connectivity index (χ0v) is 15.5. The average Bonchev–Trinajstić information content (AvgIpc) is 2.68. The van der Waals surface area contributed by atoms with E-state index in [1.807, 2.05) is 12.1 Å². The van der Waals surface area contributed by atoms with Gasteiger partial charge in [-0.05, 0) is 35.0 Å². The standard InChI is InChI=1S/C21H20BrN3/c22-17-8-10-18(11-9-17)24-21(25-14-12-23-13-15-25)20-7-3-5-16-4-1-2-6-19(16)20/h1-11,23H,12-15H2. The number of fused-ring (bicyclic) bond motifs is 1. The predicted octanol–water partition coefficient (Wildman–Crippen LogP) is 4.59. The van der Waals surface area contributed by atoms with E-state index in [1.54, 1.807) is 0 Å². The molecule has 0 aliphatic carbocycles. The Hall–Kier alpha value is -2.17. The van der Waals surface area contributed by atoms with Gasteiger partial charge in [-0.15, -0.1) is 0 Å². The highest BCUT2D eigenvalue weighted by Gasteiger charge is 2.18. The Kier molecular flexibility index (Phi) is 4.81. The number of nitrogens with one attached hydrogen (secondary N) is 1. The molecule has 1 saturated heterocycles. The minimum atomic E-state index is 0.971. The van der Waals surface area contributed by atoms with Crippen LogP contribution in [0.4, 0.5) is 5.69 Å². The topological polar surface area (TPSA) is 27.6 Å². The average molecular weight is 394 g/mol. The molecule has 4 heteroatoms. The first kappa shape index (κ1) is 16.3. The Morgan fingerprint density at radius 2 is 1.60 bits per heavy atom. The van der Waals surface area contributed by atoms with E-state index in [4.69, 9.17) is 4.99 Å². The van der Waals surface area contributed by atoms with Gasteiger partial charge in [-0.1, -0.05) is 58.4 Å². The van der Waals surface area contributed by atoms with E-state index >= 15 is 0 Å². The molecule has 4 rings (SSSR count). The number of halogens is 1. The van der Waals surface area contributed by atoms with Crippen molar-refractivity contribution in [3.63, 3.8) is 0 Å². The Labute approximate surface area is 156 Å². The van der Waals surface area contributed by atoms with Crippen LogP contribution in [0.1, 0.15) is 5.56 Å². The second-order valence-electron chi connectivity index (χ2n) is 6.18. The highest BCUT2D eigenvalue weighted by atomic mass is 79.9. The van der Waals surface area contributed by atoms with Crippen molar-refractivity contribution in [1.82, 2.24) is 10.2 Å². The van der Waals surface area contributed by atoms with Gasteiger partial charge >= 0.3 is 0 Å². The third kappa shape index (κ3) is 3.60. The third-order valence-corrected chi connectivity index (χ3v) is 5.04. The first-order valence-electron chi connectivity index (χ1n) is 8.59. The van der Waals surface area contributed by atoms with Crippen molar-refractivity contribution in [3.05, 3.63) is 76.8 Å². The maximum absolute atomic E-state index is 5.04. The molecule has 3 aromatic rings. The summed E-state index contributed by atoms with van der Waals surface area (Å²) in [6.45, 7) is 3.92. The van der Waals surface area contributed by atoms with Gasteiger partial charge < -0.3 is 10.2 Å². The number of piperazine rings is 1. The van der Waals surface area contributed by atoms with Crippen LogP contribution in [0.15, 0.2) is 76.2 Å². The summed E-state index contributed by atoms with van der Waals surface area (Å²) in [7, 11) is 0. The largest absolute Gasteiger partial charge is 0.354 e. The molecule has 3 nitrogen and oxygen atoms in total. The van der Waals surface area contributed by atoms with E-state index in [-0.39, 0.29) is 0 Å². The Morgan fingerprint density at radius 1 is 0.880 bits per heavy atom. The van der Waals surface area contributed by atoms with Crippen LogP contribution in [-0.2, 0) is 0 Å². The normalized spacial score (nSPS) is 15.6. The smallest absolute Gasteiger partial charge is 0.137 e. The highest BCUT2D eigenvalue weighted by molar-refractivity contribution is 9.10. The van der Waals surface area contributed by atoms with Crippen molar-refractivity contribution in [1.29, 1.82) is 0 Å². The zero-order chi connectivity index (χ0) is 17.1. The molecule has 0 bridgehead atoms. The van der Waals surface area contributed by atoms with Crippen LogP contribution in [0, 0.1) is 0 Å². The number of aliphatic imine (C=N–C) groups is 1. The van der Waals surface area contributed by atoms with Crippen LogP contribution in [-0.4, -0.2) is 36.9 Å². The highest BCUT2D eigenvalue weighted by Crippen LogP contribution is 2.24. The lowest BCUT2D eigenvalue weighted by Gasteiger charge is -2.31. The van der Waals surface area contributed by atoms with Crippen LogP contribution in [0.25, 0.3) is 10.8 Å². The number of benzene rings is 3. The molecule has 126 valence electrons. The van der Waals surface area contributed by atoms with E-state index < -0.39 is 0 Å². The molecular weight excluding hydrogens is 374 g/mol. The van der Waals surface area contributed by atoms with Crippen LogP contribution in [0.5, 0.6) is 0 Å². The second-order valence-corrected chi connectivity index (χ2v) is 7.09. The van der Waals surface area contributed by atoms with Gasteiger partial charge in [0.1, 0.15) is 5.84 Å². The molecule has 0 aromatic heterocycles. The number of rotatable bonds is 2. The van der Waals surface area contributed by atoms with E-state index in [0.717, 1.165) is 42.2 Å². The Balaban J connectivity index is 1.85. The summed E-state index contributed by atoms with van der Waals surface area (Å²) in [5, 5.41) is 5.92. The molecule has 3 aromatic carbocycles. The molecule has 1 aliphatic rings. The number of hydrogen-bond donors (Lipinski definition) is 1. The molecule has 0 atom stereocenters. The maximum Gasteiger partial charge on any atom is 0.137 e. The second kappa shape index (κ2) is 7.38. The summed E-state index contributed by atoms with van der Waals surface area (Å²) in [5.41, 5.74) is 2.17.